The number of carbonyl (C=O) groups excluding carboxylic acids is 2. The number of amides is 1. The van der Waals surface area contributed by atoms with Gasteiger partial charge in [-0.05, 0) is 43.7 Å². The second-order valence-electron chi connectivity index (χ2n) is 6.23. The third kappa shape index (κ3) is 4.03. The molecule has 0 spiro atoms. The molecule has 0 saturated carbocycles. The molecule has 3 aromatic rings. The van der Waals surface area contributed by atoms with Gasteiger partial charge in [0.2, 0.25) is 0 Å². The highest BCUT2D eigenvalue weighted by molar-refractivity contribution is 5.95. The van der Waals surface area contributed by atoms with Gasteiger partial charge in [0, 0.05) is 5.56 Å². The van der Waals surface area contributed by atoms with Crippen LogP contribution in [0.3, 0.4) is 0 Å². The molecule has 0 aliphatic rings. The lowest BCUT2D eigenvalue weighted by molar-refractivity contribution is 0.0527. The molecule has 3 rings (SSSR count). The first-order chi connectivity index (χ1) is 13.5. The molecular weight excluding hydrogens is 356 g/mol. The third-order valence-corrected chi connectivity index (χ3v) is 4.32. The molecule has 3 N–H and O–H groups in total. The molecule has 1 heterocycles. The van der Waals surface area contributed by atoms with Crippen molar-refractivity contribution in [2.24, 2.45) is 0 Å². The smallest absolute Gasteiger partial charge is 0.343 e. The second kappa shape index (κ2) is 8.39. The number of nitrogen functional groups attached to an aromatic ring is 1. The standard InChI is InChI=1S/C21H22N4O3/c1-3-28-21(27)18-13-23-25(19(18)22)17-11-9-16(10-12-17)20(26)24-14(2)15-7-5-4-6-8-15/h4-14H,3,22H2,1-2H3,(H,24,26). The number of carbonyl (C=O) groups is 2. The lowest BCUT2D eigenvalue weighted by atomic mass is 10.1. The number of rotatable bonds is 6. The maximum atomic E-state index is 12.5. The van der Waals surface area contributed by atoms with E-state index >= 15 is 0 Å². The Labute approximate surface area is 163 Å². The van der Waals surface area contributed by atoms with Crippen molar-refractivity contribution in [3.63, 3.8) is 0 Å². The zero-order valence-corrected chi connectivity index (χ0v) is 15.8. The van der Waals surface area contributed by atoms with Crippen LogP contribution in [-0.2, 0) is 4.74 Å². The summed E-state index contributed by atoms with van der Waals surface area (Å²) in [6.07, 6.45) is 1.37. The number of hydrogen-bond donors (Lipinski definition) is 2. The van der Waals surface area contributed by atoms with Crippen molar-refractivity contribution in [3.05, 3.63) is 77.5 Å². The Bertz CT molecular complexity index is 965. The highest BCUT2D eigenvalue weighted by atomic mass is 16.5. The lowest BCUT2D eigenvalue weighted by Gasteiger charge is -2.14. The van der Waals surface area contributed by atoms with Gasteiger partial charge in [-0.3, -0.25) is 4.79 Å². The molecule has 0 fully saturated rings. The summed E-state index contributed by atoms with van der Waals surface area (Å²) in [6.45, 7) is 3.92. The van der Waals surface area contributed by atoms with Crippen molar-refractivity contribution >= 4 is 17.7 Å². The van der Waals surface area contributed by atoms with E-state index in [1.165, 1.54) is 10.9 Å². The average molecular weight is 378 g/mol. The van der Waals surface area contributed by atoms with Crippen molar-refractivity contribution in [1.29, 1.82) is 0 Å². The Balaban J connectivity index is 1.73. The minimum atomic E-state index is -0.517. The molecule has 2 aromatic carbocycles. The van der Waals surface area contributed by atoms with Crippen molar-refractivity contribution in [1.82, 2.24) is 15.1 Å². The van der Waals surface area contributed by atoms with Crippen LogP contribution in [0.4, 0.5) is 5.82 Å². The number of aromatic nitrogens is 2. The van der Waals surface area contributed by atoms with E-state index in [4.69, 9.17) is 10.5 Å². The van der Waals surface area contributed by atoms with Gasteiger partial charge in [-0.1, -0.05) is 30.3 Å². The summed E-state index contributed by atoms with van der Waals surface area (Å²) in [5, 5.41) is 7.11. The fraction of sp³-hybridized carbons (Fsp3) is 0.190. The summed E-state index contributed by atoms with van der Waals surface area (Å²) in [5.74, 6) is -0.506. The van der Waals surface area contributed by atoms with Crippen molar-refractivity contribution in [3.8, 4) is 5.69 Å². The summed E-state index contributed by atoms with van der Waals surface area (Å²) < 4.78 is 6.39. The van der Waals surface area contributed by atoms with E-state index in [2.05, 4.69) is 10.4 Å². The molecule has 144 valence electrons. The summed E-state index contributed by atoms with van der Waals surface area (Å²) in [6, 6.07) is 16.5. The highest BCUT2D eigenvalue weighted by Gasteiger charge is 2.17. The summed E-state index contributed by atoms with van der Waals surface area (Å²) >= 11 is 0. The lowest BCUT2D eigenvalue weighted by Crippen LogP contribution is -2.26. The third-order valence-electron chi connectivity index (χ3n) is 4.32. The predicted molar refractivity (Wildman–Crippen MR) is 106 cm³/mol. The van der Waals surface area contributed by atoms with Gasteiger partial charge in [0.15, 0.2) is 0 Å². The van der Waals surface area contributed by atoms with E-state index in [0.717, 1.165) is 5.56 Å². The minimum absolute atomic E-state index is 0.109. The van der Waals surface area contributed by atoms with Gasteiger partial charge in [-0.2, -0.15) is 5.10 Å². The van der Waals surface area contributed by atoms with E-state index in [-0.39, 0.29) is 29.9 Å². The first kappa shape index (κ1) is 19.2. The number of nitrogens with one attached hydrogen (secondary N) is 1. The van der Waals surface area contributed by atoms with Crippen LogP contribution in [0.5, 0.6) is 0 Å². The van der Waals surface area contributed by atoms with Crippen LogP contribution in [0.2, 0.25) is 0 Å². The molecule has 1 unspecified atom stereocenters. The van der Waals surface area contributed by atoms with E-state index in [1.807, 2.05) is 37.3 Å². The molecule has 7 nitrogen and oxygen atoms in total. The topological polar surface area (TPSA) is 99.2 Å². The zero-order chi connectivity index (χ0) is 20.1. The Kier molecular flexibility index (Phi) is 5.74. The fourth-order valence-corrected chi connectivity index (χ4v) is 2.79. The van der Waals surface area contributed by atoms with Gasteiger partial charge < -0.3 is 15.8 Å². The summed E-state index contributed by atoms with van der Waals surface area (Å²) in [4.78, 5) is 24.4. The van der Waals surface area contributed by atoms with E-state index in [1.54, 1.807) is 31.2 Å². The molecule has 0 radical (unpaired) electrons. The van der Waals surface area contributed by atoms with Crippen LogP contribution >= 0.6 is 0 Å². The van der Waals surface area contributed by atoms with Gasteiger partial charge in [0.1, 0.15) is 11.4 Å². The molecule has 0 aliphatic carbocycles. The molecule has 1 atom stereocenters. The Hall–Kier alpha value is -3.61. The van der Waals surface area contributed by atoms with Crippen LogP contribution in [0.25, 0.3) is 5.69 Å². The van der Waals surface area contributed by atoms with Crippen LogP contribution in [0.1, 0.15) is 46.2 Å². The van der Waals surface area contributed by atoms with Crippen LogP contribution < -0.4 is 11.1 Å². The minimum Gasteiger partial charge on any atom is -0.462 e. The zero-order valence-electron chi connectivity index (χ0n) is 15.8. The monoisotopic (exact) mass is 378 g/mol. The van der Waals surface area contributed by atoms with Crippen LogP contribution in [0, 0.1) is 0 Å². The predicted octanol–water partition coefficient (Wildman–Crippen LogP) is 3.12. The van der Waals surface area contributed by atoms with Crippen molar-refractivity contribution in [2.45, 2.75) is 19.9 Å². The molecule has 7 heteroatoms. The number of benzene rings is 2. The van der Waals surface area contributed by atoms with Crippen molar-refractivity contribution in [2.75, 3.05) is 12.3 Å². The average Bonchev–Trinajstić information content (AvgIpc) is 3.10. The molecular formula is C21H22N4O3. The second-order valence-corrected chi connectivity index (χ2v) is 6.23. The quantitative estimate of drug-likeness (QED) is 0.642. The Morgan fingerprint density at radius 1 is 1.14 bits per heavy atom. The Morgan fingerprint density at radius 3 is 2.46 bits per heavy atom. The van der Waals surface area contributed by atoms with Gasteiger partial charge in [-0.25, -0.2) is 9.48 Å². The normalized spacial score (nSPS) is 11.6. The molecule has 28 heavy (non-hydrogen) atoms. The van der Waals surface area contributed by atoms with Crippen molar-refractivity contribution < 1.29 is 14.3 Å². The van der Waals surface area contributed by atoms with Crippen LogP contribution in [-0.4, -0.2) is 28.3 Å². The summed E-state index contributed by atoms with van der Waals surface area (Å²) in [5.41, 5.74) is 8.41. The van der Waals surface area contributed by atoms with Gasteiger partial charge in [-0.15, -0.1) is 0 Å². The molecule has 0 aliphatic heterocycles. The number of anilines is 1. The van der Waals surface area contributed by atoms with E-state index < -0.39 is 5.97 Å². The fourth-order valence-electron chi connectivity index (χ4n) is 2.79. The number of ether oxygens (including phenoxy) is 1. The SMILES string of the molecule is CCOC(=O)c1cnn(-c2ccc(C(=O)NC(C)c3ccccc3)cc2)c1N. The van der Waals surface area contributed by atoms with Gasteiger partial charge in [0.25, 0.3) is 5.91 Å². The maximum absolute atomic E-state index is 12.5. The number of nitrogens with two attached hydrogens (primary N) is 1. The largest absolute Gasteiger partial charge is 0.462 e. The molecule has 1 aromatic heterocycles. The highest BCUT2D eigenvalue weighted by Crippen LogP contribution is 2.19. The number of nitrogens with zero attached hydrogens (tertiary/aromatic N) is 2. The van der Waals surface area contributed by atoms with E-state index in [9.17, 15) is 9.59 Å². The van der Waals surface area contributed by atoms with E-state index in [0.29, 0.717) is 11.3 Å². The van der Waals surface area contributed by atoms with Crippen LogP contribution in [0.15, 0.2) is 60.8 Å². The molecule has 1 amide bonds. The Morgan fingerprint density at radius 2 is 1.82 bits per heavy atom. The van der Waals surface area contributed by atoms with Gasteiger partial charge in [0.05, 0.1) is 24.5 Å². The first-order valence-electron chi connectivity index (χ1n) is 8.98. The first-order valence-corrected chi connectivity index (χ1v) is 8.98. The molecule has 0 saturated heterocycles. The summed E-state index contributed by atoms with van der Waals surface area (Å²) in [7, 11) is 0. The number of esters is 1. The van der Waals surface area contributed by atoms with Gasteiger partial charge >= 0.3 is 5.97 Å². The maximum Gasteiger partial charge on any atom is 0.343 e. The number of hydrogen-bond acceptors (Lipinski definition) is 5. The molecule has 0 bridgehead atoms.